The van der Waals surface area contributed by atoms with Crippen LogP contribution in [0.15, 0.2) is 18.2 Å². The van der Waals surface area contributed by atoms with Crippen molar-refractivity contribution >= 4 is 11.9 Å². The van der Waals surface area contributed by atoms with Crippen molar-refractivity contribution in [2.75, 3.05) is 33.7 Å². The first-order valence-electron chi connectivity index (χ1n) is 5.91. The van der Waals surface area contributed by atoms with E-state index >= 15 is 0 Å². The Morgan fingerprint density at radius 1 is 1.10 bits per heavy atom. The van der Waals surface area contributed by atoms with Crippen molar-refractivity contribution in [1.82, 2.24) is 9.80 Å². The highest BCUT2D eigenvalue weighted by Gasteiger charge is 2.19. The molecule has 0 aliphatic rings. The predicted octanol–water partition coefficient (Wildman–Crippen LogP) is 1.05. The fraction of sp³-hybridized carbons (Fsp3) is 0.385. The highest BCUT2D eigenvalue weighted by atomic mass is 19.1. The van der Waals surface area contributed by atoms with Gasteiger partial charge in [0.25, 0.3) is 5.91 Å². The molecule has 1 aromatic carbocycles. The topological polar surface area (TPSA) is 60.9 Å². The van der Waals surface area contributed by atoms with Crippen molar-refractivity contribution in [2.45, 2.75) is 0 Å². The minimum absolute atomic E-state index is 0.149. The molecule has 0 atom stereocenters. The zero-order chi connectivity index (χ0) is 15.3. The van der Waals surface area contributed by atoms with Crippen LogP contribution in [0, 0.1) is 11.6 Å². The molecule has 0 aromatic heterocycles. The van der Waals surface area contributed by atoms with Gasteiger partial charge in [-0.2, -0.15) is 0 Å². The maximum Gasteiger partial charge on any atom is 0.323 e. The molecule has 1 N–H and O–H groups in total. The van der Waals surface area contributed by atoms with Crippen molar-refractivity contribution in [3.8, 4) is 0 Å². The number of halogens is 2. The molecule has 5 nitrogen and oxygen atoms in total. The van der Waals surface area contributed by atoms with Gasteiger partial charge in [-0.15, -0.1) is 0 Å². The van der Waals surface area contributed by atoms with E-state index in [-0.39, 0.29) is 12.1 Å². The minimum atomic E-state index is -1.19. The van der Waals surface area contributed by atoms with Crippen LogP contribution in [0.1, 0.15) is 10.4 Å². The number of carbonyl (C=O) groups excluding carboxylic acids is 1. The van der Waals surface area contributed by atoms with Crippen LogP contribution in [0.4, 0.5) is 8.78 Å². The number of hydrogen-bond acceptors (Lipinski definition) is 3. The summed E-state index contributed by atoms with van der Waals surface area (Å²) in [5, 5.41) is 8.80. The number of amides is 1. The molecule has 0 aliphatic heterocycles. The van der Waals surface area contributed by atoms with Crippen LogP contribution in [-0.4, -0.2) is 60.5 Å². The SMILES string of the molecule is CN(C)CCN(CC(=O)O)C(=O)c1cc(F)cc(F)c1. The molecular formula is C13H16F2N2O3. The lowest BCUT2D eigenvalue weighted by Gasteiger charge is -2.22. The third-order valence-corrected chi connectivity index (χ3v) is 2.54. The Morgan fingerprint density at radius 3 is 2.10 bits per heavy atom. The molecule has 7 heteroatoms. The van der Waals surface area contributed by atoms with Gasteiger partial charge < -0.3 is 14.9 Å². The smallest absolute Gasteiger partial charge is 0.323 e. The van der Waals surface area contributed by atoms with Gasteiger partial charge in [-0.1, -0.05) is 0 Å². The van der Waals surface area contributed by atoms with E-state index in [1.165, 1.54) is 0 Å². The molecule has 20 heavy (non-hydrogen) atoms. The molecule has 1 aromatic rings. The van der Waals surface area contributed by atoms with Crippen LogP contribution in [0.5, 0.6) is 0 Å². The second-order valence-electron chi connectivity index (χ2n) is 4.58. The molecule has 1 amide bonds. The number of benzene rings is 1. The standard InChI is InChI=1S/C13H16F2N2O3/c1-16(2)3-4-17(8-12(18)19)13(20)9-5-10(14)7-11(15)6-9/h5-7H,3-4,8H2,1-2H3,(H,18,19). The summed E-state index contributed by atoms with van der Waals surface area (Å²) in [6, 6.07) is 2.42. The monoisotopic (exact) mass is 286 g/mol. The Balaban J connectivity index is 2.93. The molecule has 0 spiro atoms. The number of hydrogen-bond donors (Lipinski definition) is 1. The lowest BCUT2D eigenvalue weighted by Crippen LogP contribution is -2.40. The molecular weight excluding hydrogens is 270 g/mol. The molecule has 0 heterocycles. The number of nitrogens with zero attached hydrogens (tertiary/aromatic N) is 2. The summed E-state index contributed by atoms with van der Waals surface area (Å²) in [7, 11) is 3.54. The first kappa shape index (κ1) is 16.0. The fourth-order valence-electron chi connectivity index (χ4n) is 1.60. The van der Waals surface area contributed by atoms with E-state index in [0.29, 0.717) is 12.6 Å². The van der Waals surface area contributed by atoms with E-state index in [4.69, 9.17) is 5.11 Å². The van der Waals surface area contributed by atoms with Gasteiger partial charge in [0, 0.05) is 24.7 Å². The summed E-state index contributed by atoms with van der Waals surface area (Å²) in [6.45, 7) is 0.0674. The van der Waals surface area contributed by atoms with Crippen LogP contribution in [-0.2, 0) is 4.79 Å². The summed E-state index contributed by atoms with van der Waals surface area (Å²) in [4.78, 5) is 25.7. The molecule has 0 saturated carbocycles. The molecule has 1 rings (SSSR count). The Hall–Kier alpha value is -2.02. The predicted molar refractivity (Wildman–Crippen MR) is 68.5 cm³/mol. The lowest BCUT2D eigenvalue weighted by molar-refractivity contribution is -0.137. The average molecular weight is 286 g/mol. The van der Waals surface area contributed by atoms with Crippen molar-refractivity contribution in [2.24, 2.45) is 0 Å². The number of carboxylic acid groups (broad SMARTS) is 1. The van der Waals surface area contributed by atoms with Gasteiger partial charge in [0.2, 0.25) is 0 Å². The number of likely N-dealkylation sites (N-methyl/N-ethyl adjacent to an activating group) is 1. The summed E-state index contributed by atoms with van der Waals surface area (Å²) in [5.41, 5.74) is -0.206. The van der Waals surface area contributed by atoms with Crippen molar-refractivity contribution < 1.29 is 23.5 Å². The maximum atomic E-state index is 13.1. The second-order valence-corrected chi connectivity index (χ2v) is 4.58. The maximum absolute atomic E-state index is 13.1. The number of carboxylic acids is 1. The highest BCUT2D eigenvalue weighted by molar-refractivity contribution is 5.95. The quantitative estimate of drug-likeness (QED) is 0.849. The number of aliphatic carboxylic acids is 1. The summed E-state index contributed by atoms with van der Waals surface area (Å²) in [5.74, 6) is -3.66. The lowest BCUT2D eigenvalue weighted by atomic mass is 10.2. The average Bonchev–Trinajstić information content (AvgIpc) is 2.31. The molecule has 0 fully saturated rings. The van der Waals surface area contributed by atoms with E-state index in [2.05, 4.69) is 0 Å². The zero-order valence-corrected chi connectivity index (χ0v) is 11.3. The summed E-state index contributed by atoms with van der Waals surface area (Å²) in [6.07, 6.45) is 0. The zero-order valence-electron chi connectivity index (χ0n) is 11.3. The van der Waals surface area contributed by atoms with E-state index in [1.807, 2.05) is 0 Å². The molecule has 0 bridgehead atoms. The van der Waals surface area contributed by atoms with Gasteiger partial charge in [0.1, 0.15) is 18.2 Å². The Kier molecular flexibility index (Phi) is 5.57. The third kappa shape index (κ3) is 4.93. The Bertz CT molecular complexity index is 486. The molecule has 0 aliphatic carbocycles. The molecule has 0 saturated heterocycles. The van der Waals surface area contributed by atoms with Crippen LogP contribution < -0.4 is 0 Å². The first-order chi connectivity index (χ1) is 9.29. The van der Waals surface area contributed by atoms with Crippen molar-refractivity contribution in [1.29, 1.82) is 0 Å². The normalized spacial score (nSPS) is 10.7. The largest absolute Gasteiger partial charge is 0.480 e. The summed E-state index contributed by atoms with van der Waals surface area (Å²) < 4.78 is 26.2. The van der Waals surface area contributed by atoms with E-state index in [0.717, 1.165) is 17.0 Å². The molecule has 0 unspecified atom stereocenters. The van der Waals surface area contributed by atoms with E-state index in [1.54, 1.807) is 19.0 Å². The van der Waals surface area contributed by atoms with Gasteiger partial charge in [0.15, 0.2) is 0 Å². The van der Waals surface area contributed by atoms with Gasteiger partial charge in [-0.05, 0) is 26.2 Å². The number of rotatable bonds is 6. The highest BCUT2D eigenvalue weighted by Crippen LogP contribution is 2.11. The van der Waals surface area contributed by atoms with E-state index in [9.17, 15) is 18.4 Å². The van der Waals surface area contributed by atoms with Crippen LogP contribution in [0.25, 0.3) is 0 Å². The van der Waals surface area contributed by atoms with E-state index < -0.39 is 30.1 Å². The minimum Gasteiger partial charge on any atom is -0.480 e. The summed E-state index contributed by atoms with van der Waals surface area (Å²) >= 11 is 0. The fourth-order valence-corrected chi connectivity index (χ4v) is 1.60. The second kappa shape index (κ2) is 6.95. The van der Waals surface area contributed by atoms with Gasteiger partial charge in [-0.25, -0.2) is 8.78 Å². The van der Waals surface area contributed by atoms with Crippen LogP contribution in [0.2, 0.25) is 0 Å². The first-order valence-corrected chi connectivity index (χ1v) is 5.91. The van der Waals surface area contributed by atoms with Gasteiger partial charge in [0.05, 0.1) is 0 Å². The number of carbonyl (C=O) groups is 2. The van der Waals surface area contributed by atoms with Crippen LogP contribution >= 0.6 is 0 Å². The Morgan fingerprint density at radius 2 is 1.65 bits per heavy atom. The van der Waals surface area contributed by atoms with Crippen molar-refractivity contribution in [3.05, 3.63) is 35.4 Å². The Labute approximate surface area is 115 Å². The molecule has 0 radical (unpaired) electrons. The molecule has 110 valence electrons. The van der Waals surface area contributed by atoms with Gasteiger partial charge in [-0.3, -0.25) is 9.59 Å². The van der Waals surface area contributed by atoms with Crippen LogP contribution in [0.3, 0.4) is 0 Å². The third-order valence-electron chi connectivity index (χ3n) is 2.54. The van der Waals surface area contributed by atoms with Crippen molar-refractivity contribution in [3.63, 3.8) is 0 Å². The van der Waals surface area contributed by atoms with Gasteiger partial charge >= 0.3 is 5.97 Å².